The Hall–Kier alpha value is -2.87. The van der Waals surface area contributed by atoms with Crippen molar-refractivity contribution in [2.24, 2.45) is 5.92 Å². The van der Waals surface area contributed by atoms with Crippen LogP contribution in [0.4, 0.5) is 5.69 Å². The minimum Gasteiger partial charge on any atom is -0.504 e. The number of carbonyl (C=O) groups excluding carboxylic acids is 1. The van der Waals surface area contributed by atoms with Crippen molar-refractivity contribution in [1.82, 2.24) is 4.98 Å². The highest BCUT2D eigenvalue weighted by atomic mass is 16.5. The monoisotopic (exact) mass is 310 g/mol. The fourth-order valence-corrected chi connectivity index (χ4v) is 1.98. The van der Waals surface area contributed by atoms with E-state index < -0.39 is 5.97 Å². The number of nitrogens with zero attached hydrogens (tertiary/aromatic N) is 2. The zero-order chi connectivity index (χ0) is 16.8. The molecule has 1 aromatic carbocycles. The molecule has 0 bridgehead atoms. The van der Waals surface area contributed by atoms with Crippen LogP contribution in [0.15, 0.2) is 36.5 Å². The van der Waals surface area contributed by atoms with Gasteiger partial charge in [-0.15, -0.1) is 0 Å². The first-order valence-corrected chi connectivity index (χ1v) is 7.24. The van der Waals surface area contributed by atoms with Crippen molar-refractivity contribution in [3.8, 4) is 17.0 Å². The van der Waals surface area contributed by atoms with Crippen molar-refractivity contribution in [1.29, 1.82) is 0 Å². The van der Waals surface area contributed by atoms with Gasteiger partial charge in [0.15, 0.2) is 0 Å². The van der Waals surface area contributed by atoms with Gasteiger partial charge in [-0.05, 0) is 35.7 Å². The zero-order valence-corrected chi connectivity index (χ0v) is 13.4. The van der Waals surface area contributed by atoms with Crippen molar-refractivity contribution in [3.05, 3.63) is 53.5 Å². The van der Waals surface area contributed by atoms with Gasteiger partial charge in [0.2, 0.25) is 5.69 Å². The van der Waals surface area contributed by atoms with Crippen LogP contribution in [-0.4, -0.2) is 24.7 Å². The van der Waals surface area contributed by atoms with Crippen molar-refractivity contribution >= 4 is 11.7 Å². The Kier molecular flexibility index (Phi) is 5.32. The third kappa shape index (κ3) is 4.07. The summed E-state index contributed by atoms with van der Waals surface area (Å²) < 4.78 is 10.4. The average molecular weight is 310 g/mol. The van der Waals surface area contributed by atoms with Gasteiger partial charge in [0.1, 0.15) is 5.75 Å². The Labute approximate surface area is 135 Å². The Morgan fingerprint density at radius 3 is 2.74 bits per heavy atom. The van der Waals surface area contributed by atoms with Gasteiger partial charge in [-0.1, -0.05) is 19.9 Å². The first-order chi connectivity index (χ1) is 11.0. The topological polar surface area (TPSA) is 52.8 Å². The highest BCUT2D eigenvalue weighted by Gasteiger charge is 2.11. The molecule has 0 spiro atoms. The van der Waals surface area contributed by atoms with Crippen LogP contribution in [0.1, 0.15) is 24.2 Å². The number of methoxy groups -OCH3 is 1. The van der Waals surface area contributed by atoms with Gasteiger partial charge in [0.05, 0.1) is 31.5 Å². The number of benzene rings is 1. The van der Waals surface area contributed by atoms with E-state index in [2.05, 4.69) is 9.83 Å². The number of ether oxygens (including phenoxy) is 2. The standard InChI is InChI=1S/C18H18N2O3/c1-12(2)11-23-17-6-5-13(9-16(17)19-3)15-10-14(7-8-20-15)18(21)22-4/h5-10,12H,11H2,1-2,4H3. The summed E-state index contributed by atoms with van der Waals surface area (Å²) >= 11 is 0. The fraction of sp³-hybridized carbons (Fsp3) is 0.278. The van der Waals surface area contributed by atoms with E-state index in [1.807, 2.05) is 19.9 Å². The molecule has 5 nitrogen and oxygen atoms in total. The molecule has 0 unspecified atom stereocenters. The van der Waals surface area contributed by atoms with Crippen LogP contribution in [0.3, 0.4) is 0 Å². The molecule has 0 saturated heterocycles. The molecule has 1 aromatic heterocycles. The van der Waals surface area contributed by atoms with Gasteiger partial charge >= 0.3 is 5.97 Å². The molecule has 23 heavy (non-hydrogen) atoms. The summed E-state index contributed by atoms with van der Waals surface area (Å²) in [6, 6.07) is 8.53. The number of aromatic nitrogens is 1. The molecule has 0 aliphatic heterocycles. The van der Waals surface area contributed by atoms with Crippen LogP contribution in [0.2, 0.25) is 0 Å². The van der Waals surface area contributed by atoms with Gasteiger partial charge < -0.3 is 9.47 Å². The Morgan fingerprint density at radius 1 is 1.30 bits per heavy atom. The van der Waals surface area contributed by atoms with Crippen LogP contribution in [0, 0.1) is 12.5 Å². The van der Waals surface area contributed by atoms with Crippen LogP contribution in [-0.2, 0) is 4.74 Å². The maximum Gasteiger partial charge on any atom is 0.337 e. The maximum absolute atomic E-state index is 11.6. The summed E-state index contributed by atoms with van der Waals surface area (Å²) in [5.74, 6) is 0.518. The van der Waals surface area contributed by atoms with Gasteiger partial charge in [-0.25, -0.2) is 9.64 Å². The summed E-state index contributed by atoms with van der Waals surface area (Å²) in [6.45, 7) is 12.0. The number of esters is 1. The van der Waals surface area contributed by atoms with Gasteiger partial charge in [0.25, 0.3) is 0 Å². The van der Waals surface area contributed by atoms with E-state index in [0.717, 1.165) is 5.56 Å². The first kappa shape index (κ1) is 16.5. The molecule has 0 fully saturated rings. The molecule has 0 radical (unpaired) electrons. The molecular weight excluding hydrogens is 292 g/mol. The molecule has 2 rings (SSSR count). The van der Waals surface area contributed by atoms with Crippen molar-refractivity contribution < 1.29 is 14.3 Å². The van der Waals surface area contributed by atoms with Gasteiger partial charge in [-0.3, -0.25) is 4.98 Å². The SMILES string of the molecule is [C-]#[N+]c1cc(-c2cc(C(=O)OC)ccn2)ccc1OCC(C)C. The molecule has 0 aliphatic rings. The molecule has 2 aromatic rings. The second-order valence-electron chi connectivity index (χ2n) is 5.42. The smallest absolute Gasteiger partial charge is 0.337 e. The maximum atomic E-state index is 11.6. The van der Waals surface area contributed by atoms with Crippen molar-refractivity contribution in [3.63, 3.8) is 0 Å². The lowest BCUT2D eigenvalue weighted by atomic mass is 10.1. The summed E-state index contributed by atoms with van der Waals surface area (Å²) in [5.41, 5.74) is 2.20. The van der Waals surface area contributed by atoms with Crippen LogP contribution < -0.4 is 4.74 Å². The molecule has 118 valence electrons. The van der Waals surface area contributed by atoms with Crippen LogP contribution in [0.25, 0.3) is 16.1 Å². The van der Waals surface area contributed by atoms with Gasteiger partial charge in [-0.2, -0.15) is 0 Å². The lowest BCUT2D eigenvalue weighted by molar-refractivity contribution is 0.0600. The third-order valence-electron chi connectivity index (χ3n) is 3.13. The third-order valence-corrected chi connectivity index (χ3v) is 3.13. The van der Waals surface area contributed by atoms with Crippen molar-refractivity contribution in [2.45, 2.75) is 13.8 Å². The Morgan fingerprint density at radius 2 is 2.09 bits per heavy atom. The Balaban J connectivity index is 2.34. The molecule has 0 N–H and O–H groups in total. The lowest BCUT2D eigenvalue weighted by Crippen LogP contribution is -2.04. The molecule has 1 heterocycles. The second kappa shape index (κ2) is 7.41. The number of pyridine rings is 1. The molecule has 0 amide bonds. The van der Waals surface area contributed by atoms with Crippen molar-refractivity contribution in [2.75, 3.05) is 13.7 Å². The predicted molar refractivity (Wildman–Crippen MR) is 87.6 cm³/mol. The van der Waals surface area contributed by atoms with E-state index in [4.69, 9.17) is 16.0 Å². The van der Waals surface area contributed by atoms with Crippen LogP contribution in [0.5, 0.6) is 5.75 Å². The van der Waals surface area contributed by atoms with Gasteiger partial charge in [0, 0.05) is 6.20 Å². The minimum atomic E-state index is -0.420. The Bertz CT molecular complexity index is 748. The van der Waals surface area contributed by atoms with E-state index in [0.29, 0.717) is 35.2 Å². The molecule has 0 aliphatic carbocycles. The first-order valence-electron chi connectivity index (χ1n) is 7.24. The summed E-state index contributed by atoms with van der Waals surface area (Å²) in [4.78, 5) is 19.4. The predicted octanol–water partition coefficient (Wildman–Crippen LogP) is 4.12. The lowest BCUT2D eigenvalue weighted by Gasteiger charge is -2.11. The van der Waals surface area contributed by atoms with Crippen LogP contribution >= 0.6 is 0 Å². The average Bonchev–Trinajstić information content (AvgIpc) is 2.59. The summed E-state index contributed by atoms with van der Waals surface area (Å²) in [5, 5.41) is 0. The normalized spacial score (nSPS) is 10.2. The second-order valence-corrected chi connectivity index (χ2v) is 5.42. The molecule has 0 saturated carbocycles. The number of hydrogen-bond donors (Lipinski definition) is 0. The minimum absolute atomic E-state index is 0.381. The summed E-state index contributed by atoms with van der Waals surface area (Å²) in [6.07, 6.45) is 1.54. The van der Waals surface area contributed by atoms with E-state index in [1.165, 1.54) is 7.11 Å². The quantitative estimate of drug-likeness (QED) is 0.616. The van der Waals surface area contributed by atoms with E-state index in [9.17, 15) is 4.79 Å². The summed E-state index contributed by atoms with van der Waals surface area (Å²) in [7, 11) is 1.33. The van der Waals surface area contributed by atoms with E-state index in [-0.39, 0.29) is 0 Å². The number of rotatable bonds is 5. The molecular formula is C18H18N2O3. The molecule has 5 heteroatoms. The van der Waals surface area contributed by atoms with E-state index >= 15 is 0 Å². The largest absolute Gasteiger partial charge is 0.504 e. The highest BCUT2D eigenvalue weighted by Crippen LogP contribution is 2.32. The van der Waals surface area contributed by atoms with E-state index in [1.54, 1.807) is 30.5 Å². The number of hydrogen-bond acceptors (Lipinski definition) is 4. The number of carbonyl (C=O) groups is 1. The highest BCUT2D eigenvalue weighted by molar-refractivity contribution is 5.90. The molecule has 0 atom stereocenters. The zero-order valence-electron chi connectivity index (χ0n) is 13.4. The fourth-order valence-electron chi connectivity index (χ4n) is 1.98.